The number of carbonyl (C=O) groups is 1. The number of sulfonamides is 1. The Morgan fingerprint density at radius 1 is 1.11 bits per heavy atom. The van der Waals surface area contributed by atoms with Gasteiger partial charge in [-0.3, -0.25) is 4.79 Å². The summed E-state index contributed by atoms with van der Waals surface area (Å²) in [5.74, 6) is -0.488. The molecule has 5 nitrogen and oxygen atoms in total. The molecular formula is C21H25FN2O3S. The van der Waals surface area contributed by atoms with E-state index in [9.17, 15) is 17.6 Å². The predicted molar refractivity (Wildman–Crippen MR) is 106 cm³/mol. The number of carbonyl (C=O) groups excluding carboxylic acids is 1. The first kappa shape index (κ1) is 20.5. The van der Waals surface area contributed by atoms with Gasteiger partial charge in [-0.15, -0.1) is 0 Å². The van der Waals surface area contributed by atoms with Gasteiger partial charge in [0.25, 0.3) is 0 Å². The van der Waals surface area contributed by atoms with Crippen molar-refractivity contribution < 1.29 is 17.6 Å². The highest BCUT2D eigenvalue weighted by Crippen LogP contribution is 2.26. The smallest absolute Gasteiger partial charge is 0.243 e. The van der Waals surface area contributed by atoms with Crippen molar-refractivity contribution in [1.29, 1.82) is 0 Å². The Bertz CT molecular complexity index is 901. The molecule has 1 aliphatic rings. The Morgan fingerprint density at radius 3 is 2.46 bits per heavy atom. The van der Waals surface area contributed by atoms with Crippen molar-refractivity contribution in [3.8, 4) is 0 Å². The van der Waals surface area contributed by atoms with Gasteiger partial charge in [0, 0.05) is 20.1 Å². The average Bonchev–Trinajstić information content (AvgIpc) is 2.73. The molecule has 1 unspecified atom stereocenters. The molecule has 1 atom stereocenters. The molecule has 0 spiro atoms. The molecule has 0 radical (unpaired) electrons. The standard InChI is InChI=1S/C21H25FN2O3S/c1-23(16-14-17-10-12-18(22)13-11-17)21(25)20-9-5-6-15-24(20)28(26,27)19-7-3-2-4-8-19/h2-4,7-8,10-13,20H,5-6,9,14-16H2,1H3. The lowest BCUT2D eigenvalue weighted by atomic mass is 10.0. The zero-order valence-electron chi connectivity index (χ0n) is 15.9. The maximum Gasteiger partial charge on any atom is 0.243 e. The zero-order chi connectivity index (χ0) is 20.1. The van der Waals surface area contributed by atoms with E-state index >= 15 is 0 Å². The number of nitrogens with zero attached hydrogens (tertiary/aromatic N) is 2. The van der Waals surface area contributed by atoms with E-state index in [1.807, 2.05) is 0 Å². The van der Waals surface area contributed by atoms with Gasteiger partial charge in [0.15, 0.2) is 0 Å². The van der Waals surface area contributed by atoms with Crippen LogP contribution in [0.2, 0.25) is 0 Å². The fourth-order valence-electron chi connectivity index (χ4n) is 3.48. The molecule has 0 N–H and O–H groups in total. The maximum atomic E-state index is 13.1. The van der Waals surface area contributed by atoms with Crippen molar-refractivity contribution in [2.75, 3.05) is 20.1 Å². The van der Waals surface area contributed by atoms with Crippen LogP contribution in [0.15, 0.2) is 59.5 Å². The normalized spacial score (nSPS) is 18.0. The maximum absolute atomic E-state index is 13.1. The quantitative estimate of drug-likeness (QED) is 0.744. The second-order valence-corrected chi connectivity index (χ2v) is 8.97. The Hall–Kier alpha value is -2.25. The molecule has 2 aromatic rings. The van der Waals surface area contributed by atoms with Gasteiger partial charge in [-0.25, -0.2) is 12.8 Å². The lowest BCUT2D eigenvalue weighted by Gasteiger charge is -2.35. The highest BCUT2D eigenvalue weighted by atomic mass is 32.2. The van der Waals surface area contributed by atoms with Gasteiger partial charge < -0.3 is 4.90 Å². The average molecular weight is 405 g/mol. The molecule has 1 amide bonds. The van der Waals surface area contributed by atoms with Gasteiger partial charge >= 0.3 is 0 Å². The van der Waals surface area contributed by atoms with Crippen molar-refractivity contribution in [2.24, 2.45) is 0 Å². The molecule has 1 fully saturated rings. The molecule has 3 rings (SSSR count). The summed E-state index contributed by atoms with van der Waals surface area (Å²) >= 11 is 0. The van der Waals surface area contributed by atoms with E-state index in [0.29, 0.717) is 25.9 Å². The van der Waals surface area contributed by atoms with Crippen LogP contribution >= 0.6 is 0 Å². The monoisotopic (exact) mass is 404 g/mol. The molecule has 1 saturated heterocycles. The van der Waals surface area contributed by atoms with Crippen LogP contribution in [0, 0.1) is 5.82 Å². The summed E-state index contributed by atoms with van der Waals surface area (Å²) in [7, 11) is -2.03. The highest BCUT2D eigenvalue weighted by molar-refractivity contribution is 7.89. The van der Waals surface area contributed by atoms with Crippen LogP contribution in [0.3, 0.4) is 0 Å². The van der Waals surface area contributed by atoms with Gasteiger partial charge in [0.2, 0.25) is 15.9 Å². The fourth-order valence-corrected chi connectivity index (χ4v) is 5.15. The lowest BCUT2D eigenvalue weighted by molar-refractivity contribution is -0.134. The van der Waals surface area contributed by atoms with Crippen molar-refractivity contribution in [3.05, 3.63) is 66.0 Å². The molecule has 1 aliphatic heterocycles. The molecular weight excluding hydrogens is 379 g/mol. The fraction of sp³-hybridized carbons (Fsp3) is 0.381. The molecule has 2 aromatic carbocycles. The summed E-state index contributed by atoms with van der Waals surface area (Å²) < 4.78 is 40.5. The predicted octanol–water partition coefficient (Wildman–Crippen LogP) is 3.07. The molecule has 0 saturated carbocycles. The summed E-state index contributed by atoms with van der Waals surface area (Å²) in [6, 6.07) is 13.7. The molecule has 0 bridgehead atoms. The molecule has 0 aliphatic carbocycles. The number of amides is 1. The third-order valence-electron chi connectivity index (χ3n) is 5.11. The van der Waals surface area contributed by atoms with Crippen molar-refractivity contribution in [3.63, 3.8) is 0 Å². The number of hydrogen-bond donors (Lipinski definition) is 0. The van der Waals surface area contributed by atoms with Crippen LogP contribution in [0.5, 0.6) is 0 Å². The van der Waals surface area contributed by atoms with Crippen LogP contribution in [0.25, 0.3) is 0 Å². The summed E-state index contributed by atoms with van der Waals surface area (Å²) in [4.78, 5) is 14.8. The van der Waals surface area contributed by atoms with Crippen LogP contribution in [0.4, 0.5) is 4.39 Å². The minimum Gasteiger partial charge on any atom is -0.344 e. The van der Waals surface area contributed by atoms with E-state index in [4.69, 9.17) is 0 Å². The van der Waals surface area contributed by atoms with Crippen molar-refractivity contribution in [1.82, 2.24) is 9.21 Å². The molecule has 7 heteroatoms. The van der Waals surface area contributed by atoms with E-state index < -0.39 is 16.1 Å². The number of piperidine rings is 1. The lowest BCUT2D eigenvalue weighted by Crippen LogP contribution is -2.52. The van der Waals surface area contributed by atoms with E-state index in [0.717, 1.165) is 18.4 Å². The molecule has 1 heterocycles. The topological polar surface area (TPSA) is 57.7 Å². The number of likely N-dealkylation sites (N-methyl/N-ethyl adjacent to an activating group) is 1. The van der Waals surface area contributed by atoms with Gasteiger partial charge in [0.1, 0.15) is 11.9 Å². The minimum absolute atomic E-state index is 0.193. The highest BCUT2D eigenvalue weighted by Gasteiger charge is 2.38. The van der Waals surface area contributed by atoms with E-state index in [2.05, 4.69) is 0 Å². The van der Waals surface area contributed by atoms with Crippen LogP contribution < -0.4 is 0 Å². The zero-order valence-corrected chi connectivity index (χ0v) is 16.7. The number of hydrogen-bond acceptors (Lipinski definition) is 3. The third-order valence-corrected chi connectivity index (χ3v) is 7.04. The molecule has 0 aromatic heterocycles. The summed E-state index contributed by atoms with van der Waals surface area (Å²) in [5.41, 5.74) is 0.929. The van der Waals surface area contributed by atoms with Gasteiger partial charge in [0.05, 0.1) is 4.90 Å². The van der Waals surface area contributed by atoms with Crippen LogP contribution in [0.1, 0.15) is 24.8 Å². The SMILES string of the molecule is CN(CCc1ccc(F)cc1)C(=O)C1CCCCN1S(=O)(=O)c1ccccc1. The van der Waals surface area contributed by atoms with Gasteiger partial charge in [-0.2, -0.15) is 4.31 Å². The molecule has 28 heavy (non-hydrogen) atoms. The second-order valence-electron chi connectivity index (χ2n) is 7.08. The van der Waals surface area contributed by atoms with Crippen LogP contribution in [-0.4, -0.2) is 49.7 Å². The summed E-state index contributed by atoms with van der Waals surface area (Å²) in [6.07, 6.45) is 2.67. The first-order valence-corrected chi connectivity index (χ1v) is 10.9. The number of benzene rings is 2. The largest absolute Gasteiger partial charge is 0.344 e. The second kappa shape index (κ2) is 8.84. The van der Waals surface area contributed by atoms with E-state index in [1.165, 1.54) is 16.4 Å². The Balaban J connectivity index is 1.72. The Kier molecular flexibility index (Phi) is 6.46. The first-order chi connectivity index (χ1) is 13.4. The minimum atomic E-state index is -3.72. The van der Waals surface area contributed by atoms with Crippen molar-refractivity contribution in [2.45, 2.75) is 36.6 Å². The van der Waals surface area contributed by atoms with Crippen LogP contribution in [-0.2, 0) is 21.2 Å². The number of rotatable bonds is 6. The van der Waals surface area contributed by atoms with Gasteiger partial charge in [-0.05, 0) is 49.1 Å². The first-order valence-electron chi connectivity index (χ1n) is 9.46. The Morgan fingerprint density at radius 2 is 1.79 bits per heavy atom. The number of halogens is 1. The third kappa shape index (κ3) is 4.59. The van der Waals surface area contributed by atoms with Crippen molar-refractivity contribution >= 4 is 15.9 Å². The van der Waals surface area contributed by atoms with E-state index in [-0.39, 0.29) is 16.6 Å². The van der Waals surface area contributed by atoms with Gasteiger partial charge in [-0.1, -0.05) is 36.8 Å². The van der Waals surface area contributed by atoms with E-state index in [1.54, 1.807) is 54.4 Å². The Labute approximate surface area is 165 Å². The molecule has 150 valence electrons. The summed E-state index contributed by atoms with van der Waals surface area (Å²) in [6.45, 7) is 0.791. The summed E-state index contributed by atoms with van der Waals surface area (Å²) in [5, 5.41) is 0.